The normalized spacial score (nSPS) is 11.1. The van der Waals surface area contributed by atoms with E-state index in [4.69, 9.17) is 14.2 Å². The lowest BCUT2D eigenvalue weighted by atomic mass is 10.1. The lowest BCUT2D eigenvalue weighted by molar-refractivity contribution is -0.136. The average molecular weight is 308 g/mol. The van der Waals surface area contributed by atoms with Crippen LogP contribution in [0.4, 0.5) is 0 Å². The van der Waals surface area contributed by atoms with Crippen LogP contribution in [-0.4, -0.2) is 31.9 Å². The van der Waals surface area contributed by atoms with Crippen LogP contribution in [0.25, 0.3) is 6.08 Å². The number of carboxylic acid groups (broad SMARTS) is 1. The van der Waals surface area contributed by atoms with Gasteiger partial charge in [-0.1, -0.05) is 32.3 Å². The fraction of sp³-hybridized carbons (Fsp3) is 0.471. The van der Waals surface area contributed by atoms with Crippen molar-refractivity contribution in [2.45, 2.75) is 32.6 Å². The van der Waals surface area contributed by atoms with Gasteiger partial charge < -0.3 is 19.3 Å². The number of carboxylic acids is 1. The molecule has 1 N–H and O–H groups in total. The number of rotatable bonds is 10. The van der Waals surface area contributed by atoms with Crippen LogP contribution < -0.4 is 9.47 Å². The Balaban J connectivity index is 2.78. The summed E-state index contributed by atoms with van der Waals surface area (Å²) in [6.07, 6.45) is 5.65. The maximum atomic E-state index is 11.3. The van der Waals surface area contributed by atoms with Gasteiger partial charge in [0, 0.05) is 0 Å². The quantitative estimate of drug-likeness (QED) is 0.405. The van der Waals surface area contributed by atoms with Gasteiger partial charge in [-0.15, -0.1) is 0 Å². The molecular formula is C17H24O5. The molecule has 0 heterocycles. The van der Waals surface area contributed by atoms with E-state index in [0.717, 1.165) is 25.7 Å². The standard InChI is InChI=1S/C17H24O5/c1-4-5-6-7-10-22-16(17(18)19)12-13-8-9-14(20-2)15(11-13)21-3/h8-9,11-12H,4-7,10H2,1-3H3,(H,18,19). The van der Waals surface area contributed by atoms with Crippen molar-refractivity contribution in [3.63, 3.8) is 0 Å². The lowest BCUT2D eigenvalue weighted by Gasteiger charge is -2.09. The molecule has 0 saturated carbocycles. The zero-order valence-corrected chi connectivity index (χ0v) is 13.4. The highest BCUT2D eigenvalue weighted by atomic mass is 16.5. The van der Waals surface area contributed by atoms with Gasteiger partial charge in [-0.05, 0) is 30.2 Å². The number of unbranched alkanes of at least 4 members (excludes halogenated alkanes) is 3. The van der Waals surface area contributed by atoms with E-state index in [1.54, 1.807) is 25.3 Å². The summed E-state index contributed by atoms with van der Waals surface area (Å²) in [6, 6.07) is 5.19. The Labute approximate surface area is 131 Å². The third-order valence-electron chi connectivity index (χ3n) is 3.17. The molecule has 122 valence electrons. The molecule has 0 aromatic heterocycles. The summed E-state index contributed by atoms with van der Waals surface area (Å²) >= 11 is 0. The van der Waals surface area contributed by atoms with Crippen molar-refractivity contribution in [3.05, 3.63) is 29.5 Å². The summed E-state index contributed by atoms with van der Waals surface area (Å²) < 4.78 is 15.7. The van der Waals surface area contributed by atoms with Crippen LogP contribution in [0.15, 0.2) is 24.0 Å². The van der Waals surface area contributed by atoms with Crippen LogP contribution in [0.5, 0.6) is 11.5 Å². The molecule has 5 nitrogen and oxygen atoms in total. The molecule has 0 unspecified atom stereocenters. The molecule has 0 radical (unpaired) electrons. The van der Waals surface area contributed by atoms with E-state index in [1.807, 2.05) is 0 Å². The van der Waals surface area contributed by atoms with E-state index in [2.05, 4.69) is 6.92 Å². The molecule has 0 aliphatic heterocycles. The fourth-order valence-electron chi connectivity index (χ4n) is 1.97. The second-order valence-electron chi connectivity index (χ2n) is 4.84. The zero-order valence-electron chi connectivity index (χ0n) is 13.4. The molecule has 0 spiro atoms. The summed E-state index contributed by atoms with van der Waals surface area (Å²) in [5.74, 6) is -0.00469. The van der Waals surface area contributed by atoms with E-state index < -0.39 is 5.97 Å². The maximum absolute atomic E-state index is 11.3. The van der Waals surface area contributed by atoms with Gasteiger partial charge in [-0.2, -0.15) is 0 Å². The van der Waals surface area contributed by atoms with E-state index in [1.165, 1.54) is 13.2 Å². The van der Waals surface area contributed by atoms with Crippen molar-refractivity contribution in [1.82, 2.24) is 0 Å². The van der Waals surface area contributed by atoms with Gasteiger partial charge in [0.25, 0.3) is 0 Å². The number of hydrogen-bond acceptors (Lipinski definition) is 4. The van der Waals surface area contributed by atoms with Crippen molar-refractivity contribution in [3.8, 4) is 11.5 Å². The van der Waals surface area contributed by atoms with Crippen molar-refractivity contribution < 1.29 is 24.1 Å². The van der Waals surface area contributed by atoms with Crippen LogP contribution in [0, 0.1) is 0 Å². The molecule has 0 saturated heterocycles. The second-order valence-corrected chi connectivity index (χ2v) is 4.84. The first kappa shape index (κ1) is 17.9. The van der Waals surface area contributed by atoms with Gasteiger partial charge in [0.1, 0.15) is 0 Å². The molecule has 5 heteroatoms. The predicted octanol–water partition coefficient (Wildman–Crippen LogP) is 3.73. The third-order valence-corrected chi connectivity index (χ3v) is 3.17. The Morgan fingerprint density at radius 3 is 2.45 bits per heavy atom. The first-order valence-corrected chi connectivity index (χ1v) is 7.42. The number of ether oxygens (including phenoxy) is 3. The maximum Gasteiger partial charge on any atom is 0.371 e. The Morgan fingerprint density at radius 1 is 1.14 bits per heavy atom. The van der Waals surface area contributed by atoms with Gasteiger partial charge in [-0.25, -0.2) is 4.79 Å². The van der Waals surface area contributed by atoms with Crippen LogP contribution in [0.3, 0.4) is 0 Å². The minimum absolute atomic E-state index is 0.0660. The van der Waals surface area contributed by atoms with Crippen LogP contribution in [0.1, 0.15) is 38.2 Å². The minimum atomic E-state index is -1.08. The van der Waals surface area contributed by atoms with Crippen molar-refractivity contribution in [2.24, 2.45) is 0 Å². The molecular weight excluding hydrogens is 284 g/mol. The largest absolute Gasteiger partial charge is 0.493 e. The molecule has 0 fully saturated rings. The molecule has 0 amide bonds. The third kappa shape index (κ3) is 5.68. The second kappa shape index (κ2) is 9.71. The van der Waals surface area contributed by atoms with E-state index in [0.29, 0.717) is 23.7 Å². The number of benzene rings is 1. The first-order valence-electron chi connectivity index (χ1n) is 7.42. The molecule has 0 aliphatic rings. The van der Waals surface area contributed by atoms with Gasteiger partial charge in [0.2, 0.25) is 5.76 Å². The van der Waals surface area contributed by atoms with Gasteiger partial charge in [0.05, 0.1) is 20.8 Å². The summed E-state index contributed by atoms with van der Waals surface area (Å²) in [5.41, 5.74) is 0.684. The van der Waals surface area contributed by atoms with Gasteiger partial charge >= 0.3 is 5.97 Å². The number of carbonyl (C=O) groups is 1. The van der Waals surface area contributed by atoms with E-state index in [9.17, 15) is 9.90 Å². The fourth-order valence-corrected chi connectivity index (χ4v) is 1.97. The van der Waals surface area contributed by atoms with Crippen molar-refractivity contribution >= 4 is 12.0 Å². The highest BCUT2D eigenvalue weighted by Crippen LogP contribution is 2.28. The van der Waals surface area contributed by atoms with Gasteiger partial charge in [-0.3, -0.25) is 0 Å². The van der Waals surface area contributed by atoms with Gasteiger partial charge in [0.15, 0.2) is 11.5 Å². The van der Waals surface area contributed by atoms with Crippen LogP contribution in [0.2, 0.25) is 0 Å². The molecule has 0 aliphatic carbocycles. The Kier molecular flexibility index (Phi) is 7.89. The predicted molar refractivity (Wildman–Crippen MR) is 85.3 cm³/mol. The first-order chi connectivity index (χ1) is 10.6. The molecule has 22 heavy (non-hydrogen) atoms. The summed E-state index contributed by atoms with van der Waals surface area (Å²) in [6.45, 7) is 2.53. The average Bonchev–Trinajstić information content (AvgIpc) is 2.53. The Bertz CT molecular complexity index is 508. The number of aliphatic carboxylic acids is 1. The summed E-state index contributed by atoms with van der Waals surface area (Å²) in [7, 11) is 3.09. The lowest BCUT2D eigenvalue weighted by Crippen LogP contribution is -2.06. The van der Waals surface area contributed by atoms with E-state index >= 15 is 0 Å². The Hall–Kier alpha value is -2.17. The van der Waals surface area contributed by atoms with Crippen LogP contribution >= 0.6 is 0 Å². The monoisotopic (exact) mass is 308 g/mol. The number of hydrogen-bond donors (Lipinski definition) is 1. The Morgan fingerprint density at radius 2 is 1.86 bits per heavy atom. The van der Waals surface area contributed by atoms with Crippen LogP contribution in [-0.2, 0) is 9.53 Å². The highest BCUT2D eigenvalue weighted by Gasteiger charge is 2.10. The topological polar surface area (TPSA) is 65.0 Å². The molecule has 0 atom stereocenters. The SMILES string of the molecule is CCCCCCOC(=Cc1ccc(OC)c(OC)c1)C(=O)O. The summed E-state index contributed by atoms with van der Waals surface area (Å²) in [4.78, 5) is 11.3. The van der Waals surface area contributed by atoms with Crippen molar-refractivity contribution in [1.29, 1.82) is 0 Å². The van der Waals surface area contributed by atoms with E-state index in [-0.39, 0.29) is 5.76 Å². The smallest absolute Gasteiger partial charge is 0.371 e. The molecule has 1 rings (SSSR count). The van der Waals surface area contributed by atoms with Crippen molar-refractivity contribution in [2.75, 3.05) is 20.8 Å². The minimum Gasteiger partial charge on any atom is -0.493 e. The molecule has 1 aromatic carbocycles. The zero-order chi connectivity index (χ0) is 16.4. The number of methoxy groups -OCH3 is 2. The highest BCUT2D eigenvalue weighted by molar-refractivity contribution is 5.90. The molecule has 1 aromatic rings. The molecule has 0 bridgehead atoms. The summed E-state index contributed by atoms with van der Waals surface area (Å²) in [5, 5.41) is 9.22.